The second-order valence-electron chi connectivity index (χ2n) is 7.06. The molecule has 4 aromatic rings. The van der Waals surface area contributed by atoms with Crippen LogP contribution in [-0.4, -0.2) is 30.2 Å². The van der Waals surface area contributed by atoms with Crippen molar-refractivity contribution in [3.8, 4) is 23.0 Å². The topological polar surface area (TPSA) is 101 Å². The van der Waals surface area contributed by atoms with Crippen LogP contribution in [-0.2, 0) is 0 Å². The predicted octanol–water partition coefficient (Wildman–Crippen LogP) is 5.75. The predicted molar refractivity (Wildman–Crippen MR) is 120 cm³/mol. The Morgan fingerprint density at radius 2 is 1.62 bits per heavy atom. The third-order valence-electron chi connectivity index (χ3n) is 4.59. The second kappa shape index (κ2) is 9.13. The molecule has 1 heterocycles. The largest absolute Gasteiger partial charge is 0.507 e. The van der Waals surface area contributed by atoms with E-state index in [2.05, 4.69) is 15.2 Å². The van der Waals surface area contributed by atoms with Crippen LogP contribution in [0.25, 0.3) is 11.5 Å². The number of anilines is 1. The quantitative estimate of drug-likeness (QED) is 0.238. The van der Waals surface area contributed by atoms with Gasteiger partial charge in [0, 0.05) is 25.8 Å². The molecule has 3 aromatic carbocycles. The van der Waals surface area contributed by atoms with E-state index in [-0.39, 0.29) is 17.4 Å². The number of esters is 1. The molecule has 160 valence electrons. The Balaban J connectivity index is 1.40. The summed E-state index contributed by atoms with van der Waals surface area (Å²) in [6, 6.07) is 18.7. The van der Waals surface area contributed by atoms with Gasteiger partial charge in [0.05, 0.1) is 28.7 Å². The minimum absolute atomic E-state index is 0.105. The van der Waals surface area contributed by atoms with Crippen LogP contribution in [0.15, 0.2) is 93.8 Å². The summed E-state index contributed by atoms with van der Waals surface area (Å²) in [7, 11) is 3.94. The molecule has 8 heteroatoms. The van der Waals surface area contributed by atoms with E-state index >= 15 is 0 Å². The summed E-state index contributed by atoms with van der Waals surface area (Å²) >= 11 is 0. The first-order valence-electron chi connectivity index (χ1n) is 9.74. The molecule has 0 fully saturated rings. The molecule has 8 nitrogen and oxygen atoms in total. The van der Waals surface area contributed by atoms with Gasteiger partial charge in [0.15, 0.2) is 0 Å². The van der Waals surface area contributed by atoms with Crippen molar-refractivity contribution in [2.75, 3.05) is 19.0 Å². The molecule has 0 saturated heterocycles. The van der Waals surface area contributed by atoms with Crippen LogP contribution >= 0.6 is 0 Å². The number of nitrogens with zero attached hydrogens (tertiary/aromatic N) is 4. The number of rotatable bonds is 6. The van der Waals surface area contributed by atoms with E-state index in [1.165, 1.54) is 18.5 Å². The van der Waals surface area contributed by atoms with E-state index in [1.54, 1.807) is 36.4 Å². The molecular weight excluding hydrogens is 408 g/mol. The summed E-state index contributed by atoms with van der Waals surface area (Å²) in [5.41, 5.74) is 3.15. The molecule has 0 amide bonds. The smallest absolute Gasteiger partial charge is 0.343 e. The van der Waals surface area contributed by atoms with Gasteiger partial charge in [0.25, 0.3) is 0 Å². The Morgan fingerprint density at radius 3 is 2.19 bits per heavy atom. The van der Waals surface area contributed by atoms with Crippen molar-refractivity contribution >= 4 is 23.0 Å². The van der Waals surface area contributed by atoms with Gasteiger partial charge < -0.3 is 19.2 Å². The van der Waals surface area contributed by atoms with E-state index in [9.17, 15) is 9.90 Å². The van der Waals surface area contributed by atoms with Gasteiger partial charge in [0.2, 0.25) is 5.89 Å². The molecule has 0 bridgehead atoms. The molecule has 1 N–H and O–H groups in total. The van der Waals surface area contributed by atoms with Crippen LogP contribution < -0.4 is 9.64 Å². The van der Waals surface area contributed by atoms with E-state index in [0.29, 0.717) is 16.8 Å². The minimum atomic E-state index is -0.559. The number of benzene rings is 3. The summed E-state index contributed by atoms with van der Waals surface area (Å²) < 4.78 is 10.5. The number of phenolic OH excluding ortho intramolecular Hbond substituents is 1. The molecule has 0 radical (unpaired) electrons. The van der Waals surface area contributed by atoms with Gasteiger partial charge in [-0.2, -0.15) is 10.2 Å². The maximum absolute atomic E-state index is 12.4. The number of oxazole rings is 1. The Bertz CT molecular complexity index is 1230. The highest BCUT2D eigenvalue weighted by Crippen LogP contribution is 2.31. The van der Waals surface area contributed by atoms with E-state index in [4.69, 9.17) is 9.15 Å². The highest BCUT2D eigenvalue weighted by atomic mass is 16.5. The summed E-state index contributed by atoms with van der Waals surface area (Å²) in [5, 5.41) is 18.6. The van der Waals surface area contributed by atoms with Gasteiger partial charge in [-0.15, -0.1) is 0 Å². The first-order chi connectivity index (χ1) is 15.5. The monoisotopic (exact) mass is 428 g/mol. The fourth-order valence-corrected chi connectivity index (χ4v) is 2.88. The van der Waals surface area contributed by atoms with Crippen molar-refractivity contribution in [2.24, 2.45) is 10.2 Å². The Kier molecular flexibility index (Phi) is 5.94. The Hall–Kier alpha value is -4.46. The fraction of sp³-hybridized carbons (Fsp3) is 0.0833. The van der Waals surface area contributed by atoms with Crippen molar-refractivity contribution in [3.05, 3.63) is 84.8 Å². The summed E-state index contributed by atoms with van der Waals surface area (Å²) in [6.07, 6.45) is 2.89. The second-order valence-corrected chi connectivity index (χ2v) is 7.06. The average molecular weight is 428 g/mol. The maximum Gasteiger partial charge on any atom is 0.343 e. The lowest BCUT2D eigenvalue weighted by molar-refractivity contribution is 0.0734. The zero-order valence-electron chi connectivity index (χ0n) is 17.5. The van der Waals surface area contributed by atoms with Crippen molar-refractivity contribution < 1.29 is 19.1 Å². The summed E-state index contributed by atoms with van der Waals surface area (Å²) in [4.78, 5) is 18.4. The third kappa shape index (κ3) is 4.81. The van der Waals surface area contributed by atoms with Gasteiger partial charge in [-0.05, 0) is 60.7 Å². The van der Waals surface area contributed by atoms with Crippen LogP contribution in [0.2, 0.25) is 0 Å². The molecule has 0 saturated carbocycles. The lowest BCUT2D eigenvalue weighted by atomic mass is 10.2. The van der Waals surface area contributed by atoms with Crippen molar-refractivity contribution in [1.82, 2.24) is 4.98 Å². The van der Waals surface area contributed by atoms with Gasteiger partial charge in [-0.1, -0.05) is 0 Å². The van der Waals surface area contributed by atoms with Gasteiger partial charge >= 0.3 is 5.97 Å². The molecule has 0 atom stereocenters. The zero-order valence-corrected chi connectivity index (χ0v) is 17.5. The SMILES string of the molecule is CN(C)c1ccc(N=Nc2ccc(C(=O)Oc3ccc(-c4ncco4)c(O)c3)cc2)cc1. The van der Waals surface area contributed by atoms with Crippen molar-refractivity contribution in [1.29, 1.82) is 0 Å². The molecule has 4 rings (SSSR count). The average Bonchev–Trinajstić information content (AvgIpc) is 3.33. The highest BCUT2D eigenvalue weighted by Gasteiger charge is 2.13. The molecule has 0 unspecified atom stereocenters. The molecule has 1 aromatic heterocycles. The standard InChI is InChI=1S/C24H20N4O4/c1-28(2)19-9-7-18(8-10-19)27-26-17-5-3-16(4-6-17)24(30)32-20-11-12-21(22(29)15-20)23-25-13-14-31-23/h3-15,29H,1-2H3. The number of azo groups is 1. The Morgan fingerprint density at radius 1 is 0.969 bits per heavy atom. The van der Waals surface area contributed by atoms with Crippen LogP contribution in [0.4, 0.5) is 17.1 Å². The molecule has 0 aliphatic heterocycles. The maximum atomic E-state index is 12.4. The number of carbonyl (C=O) groups is 1. The molecule has 0 spiro atoms. The first-order valence-corrected chi connectivity index (χ1v) is 9.74. The van der Waals surface area contributed by atoms with Crippen LogP contribution in [0.1, 0.15) is 10.4 Å². The third-order valence-corrected chi connectivity index (χ3v) is 4.59. The van der Waals surface area contributed by atoms with Crippen molar-refractivity contribution in [2.45, 2.75) is 0 Å². The molecule has 0 aliphatic carbocycles. The van der Waals surface area contributed by atoms with E-state index < -0.39 is 5.97 Å². The summed E-state index contributed by atoms with van der Waals surface area (Å²) in [5.74, 6) is -0.185. The number of carbonyl (C=O) groups excluding carboxylic acids is 1. The highest BCUT2D eigenvalue weighted by molar-refractivity contribution is 5.91. The zero-order chi connectivity index (χ0) is 22.5. The van der Waals surface area contributed by atoms with Crippen molar-refractivity contribution in [3.63, 3.8) is 0 Å². The Labute approximate surface area is 184 Å². The fourth-order valence-electron chi connectivity index (χ4n) is 2.88. The molecular formula is C24H20N4O4. The van der Waals surface area contributed by atoms with E-state index in [0.717, 1.165) is 11.4 Å². The normalized spacial score (nSPS) is 10.9. The molecule has 32 heavy (non-hydrogen) atoms. The van der Waals surface area contributed by atoms with Crippen LogP contribution in [0, 0.1) is 0 Å². The van der Waals surface area contributed by atoms with Crippen LogP contribution in [0.5, 0.6) is 11.5 Å². The van der Waals surface area contributed by atoms with Gasteiger partial charge in [-0.3, -0.25) is 0 Å². The minimum Gasteiger partial charge on any atom is -0.507 e. The molecule has 0 aliphatic rings. The number of phenols is 1. The van der Waals surface area contributed by atoms with E-state index in [1.807, 2.05) is 43.3 Å². The number of aromatic nitrogens is 1. The number of ether oxygens (including phenoxy) is 1. The first kappa shape index (κ1) is 20.8. The van der Waals surface area contributed by atoms with Crippen LogP contribution in [0.3, 0.4) is 0 Å². The lowest BCUT2D eigenvalue weighted by Crippen LogP contribution is -2.08. The lowest BCUT2D eigenvalue weighted by Gasteiger charge is -2.11. The number of hydrogen-bond acceptors (Lipinski definition) is 8. The van der Waals surface area contributed by atoms with Gasteiger partial charge in [-0.25, -0.2) is 9.78 Å². The number of aromatic hydroxyl groups is 1. The number of hydrogen-bond donors (Lipinski definition) is 1. The summed E-state index contributed by atoms with van der Waals surface area (Å²) in [6.45, 7) is 0. The van der Waals surface area contributed by atoms with Gasteiger partial charge in [0.1, 0.15) is 17.8 Å².